The molecule has 0 aliphatic carbocycles. The summed E-state index contributed by atoms with van der Waals surface area (Å²) in [6.45, 7) is 3.07. The number of fused-ring (bicyclic) bond motifs is 2. The van der Waals surface area contributed by atoms with E-state index in [0.29, 0.717) is 52.4 Å². The smallest absolute Gasteiger partial charge is 0.278 e. The number of carbonyl (C=O) groups is 1. The second kappa shape index (κ2) is 8.46. The van der Waals surface area contributed by atoms with Gasteiger partial charge in [-0.15, -0.1) is 0 Å². The minimum atomic E-state index is -0.226. The average molecular weight is 452 g/mol. The van der Waals surface area contributed by atoms with Gasteiger partial charge in [-0.1, -0.05) is 11.8 Å². The lowest BCUT2D eigenvalue weighted by Crippen LogP contribution is -2.24. The van der Waals surface area contributed by atoms with Crippen LogP contribution in [0.15, 0.2) is 57.0 Å². The van der Waals surface area contributed by atoms with E-state index < -0.39 is 0 Å². The molecular weight excluding hydrogens is 432 g/mol. The summed E-state index contributed by atoms with van der Waals surface area (Å²) in [5, 5.41) is 3.29. The maximum absolute atomic E-state index is 13.1. The summed E-state index contributed by atoms with van der Waals surface area (Å²) >= 11 is 1.19. The Kier molecular flexibility index (Phi) is 5.36. The lowest BCUT2D eigenvalue weighted by Gasteiger charge is -2.19. The summed E-state index contributed by atoms with van der Waals surface area (Å²) in [5.74, 6) is 1.73. The number of benzene rings is 1. The molecule has 0 radical (unpaired) electrons. The number of hydrogen-bond donors (Lipinski definition) is 2. The molecule has 5 rings (SSSR count). The van der Waals surface area contributed by atoms with Crippen LogP contribution in [0, 0.1) is 6.92 Å². The summed E-state index contributed by atoms with van der Waals surface area (Å²) in [6, 6.07) is 10.6. The number of aryl methyl sites for hydroxylation is 1. The Morgan fingerprint density at radius 3 is 2.88 bits per heavy atom. The number of nitrogens with zero attached hydrogens (tertiary/aromatic N) is 2. The fourth-order valence-electron chi connectivity index (χ4n) is 3.47. The quantitative estimate of drug-likeness (QED) is 0.341. The first-order chi connectivity index (χ1) is 15.6. The molecule has 1 amide bonds. The van der Waals surface area contributed by atoms with Gasteiger partial charge in [0.1, 0.15) is 24.5 Å². The fourth-order valence-corrected chi connectivity index (χ4v) is 4.27. The number of H-pyrrole nitrogens is 1. The Bertz CT molecular complexity index is 1340. The van der Waals surface area contributed by atoms with Crippen LogP contribution >= 0.6 is 11.8 Å². The van der Waals surface area contributed by atoms with Crippen molar-refractivity contribution >= 4 is 34.4 Å². The maximum atomic E-state index is 13.1. The molecule has 2 N–H and O–H groups in total. The molecule has 4 aromatic rings. The Hall–Kier alpha value is -3.66. The maximum Gasteiger partial charge on any atom is 0.278 e. The number of aromatic nitrogens is 3. The van der Waals surface area contributed by atoms with E-state index in [1.807, 2.05) is 13.0 Å². The molecule has 0 fully saturated rings. The number of amides is 1. The first-order valence-electron chi connectivity index (χ1n) is 10.0. The van der Waals surface area contributed by atoms with Crippen LogP contribution in [0.2, 0.25) is 0 Å². The van der Waals surface area contributed by atoms with Gasteiger partial charge in [0.15, 0.2) is 16.7 Å². The molecule has 164 valence electrons. The zero-order valence-electron chi connectivity index (χ0n) is 17.2. The van der Waals surface area contributed by atoms with Crippen LogP contribution < -0.4 is 20.3 Å². The molecule has 9 nitrogen and oxygen atoms in total. The van der Waals surface area contributed by atoms with Gasteiger partial charge in [0.25, 0.3) is 5.56 Å². The van der Waals surface area contributed by atoms with Crippen molar-refractivity contribution in [3.8, 4) is 11.5 Å². The van der Waals surface area contributed by atoms with Crippen molar-refractivity contribution in [3.63, 3.8) is 0 Å². The number of carbonyl (C=O) groups excluding carboxylic acids is 1. The van der Waals surface area contributed by atoms with Crippen LogP contribution in [0.4, 0.5) is 5.69 Å². The average Bonchev–Trinajstić information content (AvgIpc) is 3.43. The van der Waals surface area contributed by atoms with Crippen molar-refractivity contribution in [3.05, 3.63) is 64.5 Å². The Morgan fingerprint density at radius 2 is 2.06 bits per heavy atom. The largest absolute Gasteiger partial charge is 0.486 e. The number of aromatic amines is 1. The molecule has 1 aliphatic rings. The number of ether oxygens (including phenoxy) is 2. The second-order valence-electron chi connectivity index (χ2n) is 7.27. The molecular formula is C22H20N4O5S. The van der Waals surface area contributed by atoms with Gasteiger partial charge in [0.05, 0.1) is 24.1 Å². The van der Waals surface area contributed by atoms with Gasteiger partial charge in [-0.3, -0.25) is 14.2 Å². The predicted octanol–water partition coefficient (Wildman–Crippen LogP) is 3.18. The van der Waals surface area contributed by atoms with Crippen molar-refractivity contribution in [2.45, 2.75) is 18.6 Å². The normalized spacial score (nSPS) is 12.8. The number of hydrogen-bond acceptors (Lipinski definition) is 7. The van der Waals surface area contributed by atoms with Crippen molar-refractivity contribution in [1.29, 1.82) is 0 Å². The highest BCUT2D eigenvalue weighted by atomic mass is 32.2. The molecule has 0 atom stereocenters. The molecule has 0 bridgehead atoms. The number of anilines is 1. The van der Waals surface area contributed by atoms with E-state index >= 15 is 0 Å². The van der Waals surface area contributed by atoms with Crippen LogP contribution in [-0.2, 0) is 11.3 Å². The Morgan fingerprint density at radius 1 is 1.22 bits per heavy atom. The third-order valence-electron chi connectivity index (χ3n) is 4.89. The minimum Gasteiger partial charge on any atom is -0.486 e. The van der Waals surface area contributed by atoms with Gasteiger partial charge < -0.3 is 24.2 Å². The van der Waals surface area contributed by atoms with E-state index in [9.17, 15) is 9.59 Å². The summed E-state index contributed by atoms with van der Waals surface area (Å²) < 4.78 is 18.0. The molecule has 0 saturated carbocycles. The molecule has 3 aromatic heterocycles. The molecule has 4 heterocycles. The lowest BCUT2D eigenvalue weighted by molar-refractivity contribution is -0.113. The zero-order valence-corrected chi connectivity index (χ0v) is 18.0. The summed E-state index contributed by atoms with van der Waals surface area (Å²) in [6.07, 6.45) is 1.55. The second-order valence-corrected chi connectivity index (χ2v) is 8.22. The highest BCUT2D eigenvalue weighted by Gasteiger charge is 2.17. The molecule has 32 heavy (non-hydrogen) atoms. The van der Waals surface area contributed by atoms with Gasteiger partial charge in [0.2, 0.25) is 5.91 Å². The van der Waals surface area contributed by atoms with E-state index in [4.69, 9.17) is 13.9 Å². The first kappa shape index (κ1) is 20.3. The SMILES string of the molecule is Cc1cc2nc(SCC(=O)Nc3ccc4c(c3)OCCO4)n(Cc3ccco3)c(=O)c2[nH]1. The predicted molar refractivity (Wildman–Crippen MR) is 120 cm³/mol. The summed E-state index contributed by atoms with van der Waals surface area (Å²) in [5.41, 5.74) is 2.23. The van der Waals surface area contributed by atoms with E-state index in [1.165, 1.54) is 16.3 Å². The monoisotopic (exact) mass is 452 g/mol. The van der Waals surface area contributed by atoms with Crippen molar-refractivity contribution in [1.82, 2.24) is 14.5 Å². The Balaban J connectivity index is 1.36. The number of nitrogens with one attached hydrogen (secondary N) is 2. The van der Waals surface area contributed by atoms with Crippen LogP contribution in [0.25, 0.3) is 11.0 Å². The Labute approximate surface area is 186 Å². The number of rotatable bonds is 6. The van der Waals surface area contributed by atoms with Crippen LogP contribution in [0.3, 0.4) is 0 Å². The number of furan rings is 1. The third-order valence-corrected chi connectivity index (χ3v) is 5.87. The van der Waals surface area contributed by atoms with Crippen molar-refractivity contribution in [2.24, 2.45) is 0 Å². The van der Waals surface area contributed by atoms with Gasteiger partial charge in [-0.2, -0.15) is 0 Å². The standard InChI is InChI=1S/C22H20N4O5S/c1-13-9-16-20(23-13)21(28)26(11-15-3-2-6-29-15)22(25-16)32-12-19(27)24-14-4-5-17-18(10-14)31-8-7-30-17/h2-6,9-10,23H,7-8,11-12H2,1H3,(H,24,27). The molecule has 10 heteroatoms. The minimum absolute atomic E-state index is 0.0773. The van der Waals surface area contributed by atoms with Crippen molar-refractivity contribution in [2.75, 3.05) is 24.3 Å². The zero-order chi connectivity index (χ0) is 22.1. The van der Waals surface area contributed by atoms with Gasteiger partial charge in [0, 0.05) is 17.4 Å². The van der Waals surface area contributed by atoms with E-state index in [1.54, 1.807) is 36.6 Å². The van der Waals surface area contributed by atoms with E-state index in [0.717, 1.165) is 5.69 Å². The van der Waals surface area contributed by atoms with E-state index in [-0.39, 0.29) is 23.8 Å². The topological polar surface area (TPSA) is 111 Å². The molecule has 0 unspecified atom stereocenters. The van der Waals surface area contributed by atoms with Gasteiger partial charge >= 0.3 is 0 Å². The fraction of sp³-hybridized carbons (Fsp3) is 0.227. The summed E-state index contributed by atoms with van der Waals surface area (Å²) in [4.78, 5) is 33.3. The third kappa shape index (κ3) is 4.09. The highest BCUT2D eigenvalue weighted by Crippen LogP contribution is 2.32. The first-order valence-corrected chi connectivity index (χ1v) is 11.0. The molecule has 1 aromatic carbocycles. The molecule has 0 saturated heterocycles. The lowest BCUT2D eigenvalue weighted by atomic mass is 10.2. The van der Waals surface area contributed by atoms with Gasteiger partial charge in [-0.25, -0.2) is 4.98 Å². The van der Waals surface area contributed by atoms with Crippen LogP contribution in [0.5, 0.6) is 11.5 Å². The van der Waals surface area contributed by atoms with Crippen molar-refractivity contribution < 1.29 is 18.7 Å². The molecule has 0 spiro atoms. The van der Waals surface area contributed by atoms with Crippen LogP contribution in [0.1, 0.15) is 11.5 Å². The summed E-state index contributed by atoms with van der Waals surface area (Å²) in [7, 11) is 0. The van der Waals surface area contributed by atoms with E-state index in [2.05, 4.69) is 15.3 Å². The highest BCUT2D eigenvalue weighted by molar-refractivity contribution is 7.99. The van der Waals surface area contributed by atoms with Crippen LogP contribution in [-0.4, -0.2) is 39.4 Å². The molecule has 1 aliphatic heterocycles. The number of thioether (sulfide) groups is 1. The van der Waals surface area contributed by atoms with Gasteiger partial charge in [-0.05, 0) is 37.3 Å².